The summed E-state index contributed by atoms with van der Waals surface area (Å²) in [5, 5.41) is 15.8. The molecule has 1 aliphatic heterocycles. The van der Waals surface area contributed by atoms with Crippen molar-refractivity contribution in [3.63, 3.8) is 0 Å². The second-order valence-electron chi connectivity index (χ2n) is 11.1. The molecule has 1 fully saturated rings. The molecule has 12 heteroatoms. The summed E-state index contributed by atoms with van der Waals surface area (Å²) in [6.07, 6.45) is -0.273. The van der Waals surface area contributed by atoms with Crippen LogP contribution in [0.25, 0.3) is 23.1 Å². The van der Waals surface area contributed by atoms with Crippen molar-refractivity contribution < 1.29 is 32.7 Å². The Bertz CT molecular complexity index is 1760. The van der Waals surface area contributed by atoms with E-state index in [1.165, 1.54) is 5.56 Å². The summed E-state index contributed by atoms with van der Waals surface area (Å²) in [6, 6.07) is 22.5. The number of carboxylic acid groups (broad SMARTS) is 1. The lowest BCUT2D eigenvalue weighted by molar-refractivity contribution is -0.192. The Morgan fingerprint density at radius 2 is 1.80 bits per heavy atom. The molecule has 1 spiro atoms. The van der Waals surface area contributed by atoms with E-state index in [-0.39, 0.29) is 18.4 Å². The molecule has 1 aliphatic carbocycles. The number of anilines is 1. The number of hydrogen-bond acceptors (Lipinski definition) is 5. The third-order valence-corrected chi connectivity index (χ3v) is 7.75. The number of hydrogen-bond donors (Lipinski definition) is 3. The minimum atomic E-state index is -5.08. The van der Waals surface area contributed by atoms with E-state index in [0.717, 1.165) is 45.5 Å². The lowest BCUT2D eigenvalue weighted by Gasteiger charge is -2.16. The van der Waals surface area contributed by atoms with Crippen molar-refractivity contribution in [1.29, 1.82) is 0 Å². The Balaban J connectivity index is 0.000000493. The van der Waals surface area contributed by atoms with E-state index in [9.17, 15) is 22.8 Å². The molecule has 0 bridgehead atoms. The third kappa shape index (κ3) is 5.93. The van der Waals surface area contributed by atoms with Gasteiger partial charge in [-0.1, -0.05) is 60.7 Å². The highest BCUT2D eigenvalue weighted by Gasteiger charge is 2.67. The molecule has 2 unspecified atom stereocenters. The number of benzene rings is 3. The van der Waals surface area contributed by atoms with Gasteiger partial charge in [0, 0.05) is 23.5 Å². The summed E-state index contributed by atoms with van der Waals surface area (Å²) in [5.74, 6) is -3.26. The van der Waals surface area contributed by atoms with Crippen LogP contribution in [0.2, 0.25) is 0 Å². The molecular weight excluding hydrogens is 575 g/mol. The standard InChI is InChI=1S/C30H29N5O2.C2HF3O2/c1-34(2)17-20-9-7-19(8-10-20)11-14-25-22-13-12-21(15-26(22)33-32-25)24-16-30(24)23-5-3-4-6-27(23)35(29(30)37)18-28(31)36;3-2(4,5)1(6)7/h3-15,24H,16-18H2,1-2H3,(H2,31,36)(H,32,33);(H,6,7)/b14-11+;. The third-order valence-electron chi connectivity index (χ3n) is 7.75. The van der Waals surface area contributed by atoms with Crippen LogP contribution < -0.4 is 10.6 Å². The lowest BCUT2D eigenvalue weighted by atomic mass is 9.92. The first kappa shape index (κ1) is 30.5. The smallest absolute Gasteiger partial charge is 0.475 e. The average molecular weight is 606 g/mol. The topological polar surface area (TPSA) is 133 Å². The zero-order valence-corrected chi connectivity index (χ0v) is 23.9. The highest BCUT2D eigenvalue weighted by atomic mass is 19.4. The van der Waals surface area contributed by atoms with Crippen LogP contribution >= 0.6 is 0 Å². The highest BCUT2D eigenvalue weighted by Crippen LogP contribution is 2.66. The Morgan fingerprint density at radius 3 is 2.43 bits per heavy atom. The molecule has 1 saturated carbocycles. The predicted molar refractivity (Wildman–Crippen MR) is 160 cm³/mol. The van der Waals surface area contributed by atoms with Crippen molar-refractivity contribution in [2.45, 2.75) is 30.5 Å². The van der Waals surface area contributed by atoms with Gasteiger partial charge in [0.1, 0.15) is 6.54 Å². The van der Waals surface area contributed by atoms with Gasteiger partial charge in [0.15, 0.2) is 0 Å². The number of alkyl halides is 3. The molecule has 1 aromatic heterocycles. The first-order chi connectivity index (χ1) is 20.8. The SMILES string of the molecule is CN(C)Cc1ccc(/C=C/c2n[nH]c3cc(C4CC45C(=O)N(CC(N)=O)c4ccccc45)ccc23)cc1.O=C(O)C(F)(F)F. The van der Waals surface area contributed by atoms with E-state index in [1.54, 1.807) is 4.90 Å². The number of nitrogens with one attached hydrogen (secondary N) is 1. The van der Waals surface area contributed by atoms with Gasteiger partial charge in [0.2, 0.25) is 11.8 Å². The number of aromatic amines is 1. The van der Waals surface area contributed by atoms with Crippen molar-refractivity contribution >= 4 is 46.5 Å². The fraction of sp³-hybridized carbons (Fsp3) is 0.250. The van der Waals surface area contributed by atoms with E-state index in [2.05, 4.69) is 77.7 Å². The second-order valence-corrected chi connectivity index (χ2v) is 11.1. The number of halogens is 3. The van der Waals surface area contributed by atoms with Gasteiger partial charge in [-0.15, -0.1) is 0 Å². The summed E-state index contributed by atoms with van der Waals surface area (Å²) in [7, 11) is 4.13. The molecule has 3 aromatic carbocycles. The fourth-order valence-electron chi connectivity index (χ4n) is 5.74. The zero-order chi connectivity index (χ0) is 31.8. The number of nitrogens with zero attached hydrogens (tertiary/aromatic N) is 3. The van der Waals surface area contributed by atoms with Crippen LogP contribution in [0.3, 0.4) is 0 Å². The van der Waals surface area contributed by atoms with Crippen LogP contribution in [0.4, 0.5) is 18.9 Å². The second kappa shape index (κ2) is 11.6. The molecule has 44 heavy (non-hydrogen) atoms. The Morgan fingerprint density at radius 1 is 1.11 bits per heavy atom. The highest BCUT2D eigenvalue weighted by molar-refractivity contribution is 6.13. The maximum Gasteiger partial charge on any atom is 0.490 e. The van der Waals surface area contributed by atoms with Gasteiger partial charge < -0.3 is 20.6 Å². The molecule has 9 nitrogen and oxygen atoms in total. The monoisotopic (exact) mass is 605 g/mol. The maximum atomic E-state index is 13.5. The summed E-state index contributed by atoms with van der Waals surface area (Å²) in [6.45, 7) is 0.816. The molecular formula is C32H30F3N5O4. The summed E-state index contributed by atoms with van der Waals surface area (Å²) in [5.41, 5.74) is 11.9. The van der Waals surface area contributed by atoms with Gasteiger partial charge in [-0.3, -0.25) is 14.7 Å². The first-order valence-electron chi connectivity index (χ1n) is 13.7. The number of para-hydroxylation sites is 1. The number of rotatable bonds is 7. The summed E-state index contributed by atoms with van der Waals surface area (Å²) in [4.78, 5) is 37.8. The quantitative estimate of drug-likeness (QED) is 0.280. The van der Waals surface area contributed by atoms with Crippen LogP contribution in [-0.2, 0) is 26.3 Å². The van der Waals surface area contributed by atoms with Crippen LogP contribution in [0.1, 0.15) is 40.3 Å². The summed E-state index contributed by atoms with van der Waals surface area (Å²) >= 11 is 0. The number of nitrogens with two attached hydrogens (primary N) is 1. The molecule has 2 heterocycles. The fourth-order valence-corrected chi connectivity index (χ4v) is 5.74. The number of aliphatic carboxylic acids is 1. The number of carboxylic acids is 1. The van der Waals surface area contributed by atoms with E-state index < -0.39 is 23.5 Å². The van der Waals surface area contributed by atoms with Gasteiger partial charge in [0.25, 0.3) is 0 Å². The average Bonchev–Trinajstić information content (AvgIpc) is 3.53. The number of H-pyrrole nitrogens is 1. The number of fused-ring (bicyclic) bond motifs is 3. The number of carbonyl (C=O) groups is 3. The zero-order valence-electron chi connectivity index (χ0n) is 23.9. The van der Waals surface area contributed by atoms with Crippen molar-refractivity contribution in [1.82, 2.24) is 15.1 Å². The molecule has 0 saturated heterocycles. The van der Waals surface area contributed by atoms with Gasteiger partial charge in [-0.2, -0.15) is 18.3 Å². The van der Waals surface area contributed by atoms with Crippen molar-refractivity contribution in [2.75, 3.05) is 25.5 Å². The van der Waals surface area contributed by atoms with Crippen LogP contribution in [0, 0.1) is 0 Å². The minimum Gasteiger partial charge on any atom is -0.475 e. The Hall–Kier alpha value is -4.97. The van der Waals surface area contributed by atoms with Crippen LogP contribution in [-0.4, -0.2) is 64.8 Å². The maximum absolute atomic E-state index is 13.5. The predicted octanol–water partition coefficient (Wildman–Crippen LogP) is 4.69. The molecule has 0 radical (unpaired) electrons. The number of carbonyl (C=O) groups excluding carboxylic acids is 2. The van der Waals surface area contributed by atoms with E-state index >= 15 is 0 Å². The van der Waals surface area contributed by atoms with E-state index in [4.69, 9.17) is 15.6 Å². The largest absolute Gasteiger partial charge is 0.490 e. The molecule has 4 N–H and O–H groups in total. The van der Waals surface area contributed by atoms with E-state index in [1.807, 2.05) is 30.3 Å². The van der Waals surface area contributed by atoms with Crippen molar-refractivity contribution in [3.8, 4) is 0 Å². The molecule has 4 aromatic rings. The lowest BCUT2D eigenvalue weighted by Crippen LogP contribution is -2.39. The number of amides is 2. The molecule has 2 aliphatic rings. The Kier molecular flexibility index (Phi) is 8.04. The molecule has 6 rings (SSSR count). The van der Waals surface area contributed by atoms with Gasteiger partial charge in [0.05, 0.1) is 16.6 Å². The normalized spacial score (nSPS) is 19.0. The van der Waals surface area contributed by atoms with Crippen molar-refractivity contribution in [3.05, 3.63) is 94.7 Å². The first-order valence-corrected chi connectivity index (χ1v) is 13.7. The Labute approximate surface area is 250 Å². The van der Waals surface area contributed by atoms with Crippen LogP contribution in [0.15, 0.2) is 66.7 Å². The van der Waals surface area contributed by atoms with Crippen LogP contribution in [0.5, 0.6) is 0 Å². The van der Waals surface area contributed by atoms with Gasteiger partial charge in [-0.25, -0.2) is 4.79 Å². The number of primary amides is 1. The molecule has 2 atom stereocenters. The van der Waals surface area contributed by atoms with Gasteiger partial charge >= 0.3 is 12.1 Å². The van der Waals surface area contributed by atoms with Gasteiger partial charge in [-0.05, 0) is 61.0 Å². The summed E-state index contributed by atoms with van der Waals surface area (Å²) < 4.78 is 31.7. The van der Waals surface area contributed by atoms with Crippen molar-refractivity contribution in [2.24, 2.45) is 5.73 Å². The minimum absolute atomic E-state index is 0.0394. The molecule has 2 amide bonds. The molecule has 228 valence electrons. The number of aromatic nitrogens is 2. The van der Waals surface area contributed by atoms with E-state index in [0.29, 0.717) is 6.42 Å².